The van der Waals surface area contributed by atoms with Crippen LogP contribution in [-0.2, 0) is 11.3 Å². The minimum absolute atomic E-state index is 0.179. The van der Waals surface area contributed by atoms with E-state index in [2.05, 4.69) is 29.4 Å². The normalized spacial score (nSPS) is 11.8. The van der Waals surface area contributed by atoms with E-state index in [0.29, 0.717) is 18.3 Å². The van der Waals surface area contributed by atoms with Gasteiger partial charge in [-0.2, -0.15) is 0 Å². The molecule has 0 fully saturated rings. The summed E-state index contributed by atoms with van der Waals surface area (Å²) in [7, 11) is 1.73. The maximum Gasteiger partial charge on any atom is 0.247 e. The van der Waals surface area contributed by atoms with Crippen LogP contribution < -0.4 is 5.32 Å². The number of methoxy groups -OCH3 is 1. The summed E-state index contributed by atoms with van der Waals surface area (Å²) >= 11 is 0. The Morgan fingerprint density at radius 1 is 1.19 bits per heavy atom. The van der Waals surface area contributed by atoms with Gasteiger partial charge in [-0.25, -0.2) is 0 Å². The molecule has 5 heteroatoms. The summed E-state index contributed by atoms with van der Waals surface area (Å²) < 4.78 is 10.8. The fraction of sp³-hybridized carbons (Fsp3) is 0.500. The molecule has 0 aliphatic heterocycles. The Hall–Kier alpha value is -1.72. The van der Waals surface area contributed by atoms with Gasteiger partial charge in [0.25, 0.3) is 0 Å². The molecule has 2 rings (SSSR count). The number of nitrogens with zero attached hydrogens (tertiary/aromatic N) is 2. The molecule has 0 spiro atoms. The molecule has 0 aliphatic carbocycles. The Kier molecular flexibility index (Phi) is 5.47. The van der Waals surface area contributed by atoms with Crippen molar-refractivity contribution in [2.45, 2.75) is 26.8 Å². The van der Waals surface area contributed by atoms with Crippen molar-refractivity contribution < 1.29 is 9.15 Å². The van der Waals surface area contributed by atoms with E-state index in [4.69, 9.17) is 9.15 Å². The Morgan fingerprint density at radius 2 is 1.95 bits per heavy atom. The zero-order valence-electron chi connectivity index (χ0n) is 12.9. The van der Waals surface area contributed by atoms with Gasteiger partial charge < -0.3 is 14.5 Å². The van der Waals surface area contributed by atoms with Gasteiger partial charge in [-0.3, -0.25) is 0 Å². The predicted molar refractivity (Wildman–Crippen MR) is 81.7 cm³/mol. The van der Waals surface area contributed by atoms with Crippen molar-refractivity contribution in [1.82, 2.24) is 15.5 Å². The van der Waals surface area contributed by atoms with Crippen molar-refractivity contribution in [3.63, 3.8) is 0 Å². The number of rotatable bonds is 8. The molecule has 0 bridgehead atoms. The summed E-state index contributed by atoms with van der Waals surface area (Å²) in [6, 6.07) is 9.78. The second-order valence-corrected chi connectivity index (χ2v) is 5.88. The Labute approximate surface area is 125 Å². The minimum atomic E-state index is 0.179. The lowest BCUT2D eigenvalue weighted by atomic mass is 9.90. The average molecular weight is 289 g/mol. The van der Waals surface area contributed by atoms with Crippen molar-refractivity contribution in [3.8, 4) is 11.5 Å². The zero-order chi connectivity index (χ0) is 15.1. The van der Waals surface area contributed by atoms with Gasteiger partial charge in [0, 0.05) is 25.8 Å². The van der Waals surface area contributed by atoms with Gasteiger partial charge in [-0.15, -0.1) is 10.2 Å². The van der Waals surface area contributed by atoms with Gasteiger partial charge in [0.05, 0.1) is 6.54 Å². The highest BCUT2D eigenvalue weighted by Crippen LogP contribution is 2.19. The summed E-state index contributed by atoms with van der Waals surface area (Å²) in [5, 5.41) is 11.5. The molecular formula is C16H23N3O2. The van der Waals surface area contributed by atoms with Crippen molar-refractivity contribution in [1.29, 1.82) is 0 Å². The van der Waals surface area contributed by atoms with Crippen LogP contribution in [0.4, 0.5) is 0 Å². The first-order valence-corrected chi connectivity index (χ1v) is 7.18. The largest absolute Gasteiger partial charge is 0.419 e. The molecule has 1 N–H and O–H groups in total. The lowest BCUT2D eigenvalue weighted by Crippen LogP contribution is -2.30. The average Bonchev–Trinajstić information content (AvgIpc) is 2.95. The lowest BCUT2D eigenvalue weighted by molar-refractivity contribution is 0.150. The van der Waals surface area contributed by atoms with Crippen LogP contribution in [0.15, 0.2) is 34.7 Å². The van der Waals surface area contributed by atoms with Crippen LogP contribution in [0.3, 0.4) is 0 Å². The van der Waals surface area contributed by atoms with E-state index in [1.807, 2.05) is 30.3 Å². The minimum Gasteiger partial charge on any atom is -0.419 e. The molecule has 5 nitrogen and oxygen atoms in total. The number of hydrogen-bond donors (Lipinski definition) is 1. The highest BCUT2D eigenvalue weighted by molar-refractivity contribution is 5.51. The predicted octanol–water partition coefficient (Wildman–Crippen LogP) is 2.89. The van der Waals surface area contributed by atoms with Crippen molar-refractivity contribution >= 4 is 0 Å². The molecule has 114 valence electrons. The van der Waals surface area contributed by atoms with Gasteiger partial charge in [0.2, 0.25) is 11.8 Å². The number of ether oxygens (including phenoxy) is 1. The molecule has 0 radical (unpaired) electrons. The van der Waals surface area contributed by atoms with E-state index < -0.39 is 0 Å². The van der Waals surface area contributed by atoms with Gasteiger partial charge in [-0.1, -0.05) is 32.0 Å². The van der Waals surface area contributed by atoms with Crippen LogP contribution in [0.5, 0.6) is 0 Å². The molecule has 0 amide bonds. The van der Waals surface area contributed by atoms with Gasteiger partial charge >= 0.3 is 0 Å². The number of aromatic nitrogens is 2. The summed E-state index contributed by atoms with van der Waals surface area (Å²) in [4.78, 5) is 0. The van der Waals surface area contributed by atoms with E-state index in [-0.39, 0.29) is 5.41 Å². The first-order chi connectivity index (χ1) is 10.1. The van der Waals surface area contributed by atoms with Crippen LogP contribution in [0.25, 0.3) is 11.5 Å². The fourth-order valence-corrected chi connectivity index (χ4v) is 2.00. The highest BCUT2D eigenvalue weighted by Gasteiger charge is 2.17. The molecule has 1 aromatic carbocycles. The van der Waals surface area contributed by atoms with Crippen LogP contribution in [-0.4, -0.2) is 30.5 Å². The standard InChI is InChI=1S/C16H23N3O2/c1-16(2,9-10-20-3)12-17-11-14-18-19-15(21-14)13-7-5-4-6-8-13/h4-8,17H,9-12H2,1-3H3. The summed E-state index contributed by atoms with van der Waals surface area (Å²) in [5.41, 5.74) is 1.12. The monoisotopic (exact) mass is 289 g/mol. The first-order valence-electron chi connectivity index (χ1n) is 7.18. The molecule has 0 saturated carbocycles. The summed E-state index contributed by atoms with van der Waals surface area (Å²) in [6.07, 6.45) is 1.01. The van der Waals surface area contributed by atoms with Crippen LogP contribution in [0.1, 0.15) is 26.2 Å². The van der Waals surface area contributed by atoms with Crippen molar-refractivity contribution in [2.75, 3.05) is 20.3 Å². The van der Waals surface area contributed by atoms with Crippen molar-refractivity contribution in [3.05, 3.63) is 36.2 Å². The molecule has 0 saturated heterocycles. The summed E-state index contributed by atoms with van der Waals surface area (Å²) in [5.74, 6) is 1.17. The topological polar surface area (TPSA) is 60.2 Å². The number of hydrogen-bond acceptors (Lipinski definition) is 5. The highest BCUT2D eigenvalue weighted by atomic mass is 16.5. The van der Waals surface area contributed by atoms with Crippen LogP contribution in [0, 0.1) is 5.41 Å². The molecule has 0 aliphatic rings. The molecule has 0 atom stereocenters. The Bertz CT molecular complexity index is 537. The third kappa shape index (κ3) is 4.95. The van der Waals surface area contributed by atoms with E-state index >= 15 is 0 Å². The Morgan fingerprint density at radius 3 is 2.67 bits per heavy atom. The molecule has 1 heterocycles. The van der Waals surface area contributed by atoms with Crippen molar-refractivity contribution in [2.24, 2.45) is 5.41 Å². The van der Waals surface area contributed by atoms with Crippen LogP contribution in [0.2, 0.25) is 0 Å². The van der Waals surface area contributed by atoms with E-state index in [9.17, 15) is 0 Å². The van der Waals surface area contributed by atoms with Crippen LogP contribution >= 0.6 is 0 Å². The van der Waals surface area contributed by atoms with Gasteiger partial charge in [-0.05, 0) is 24.0 Å². The molecular weight excluding hydrogens is 266 g/mol. The maximum absolute atomic E-state index is 5.66. The second kappa shape index (κ2) is 7.33. The first kappa shape index (κ1) is 15.7. The smallest absolute Gasteiger partial charge is 0.247 e. The molecule has 0 unspecified atom stereocenters. The third-order valence-electron chi connectivity index (χ3n) is 3.35. The molecule has 2 aromatic rings. The third-order valence-corrected chi connectivity index (χ3v) is 3.35. The second-order valence-electron chi connectivity index (χ2n) is 5.88. The quantitative estimate of drug-likeness (QED) is 0.809. The molecule has 1 aromatic heterocycles. The van der Waals surface area contributed by atoms with Gasteiger partial charge in [0.1, 0.15) is 0 Å². The zero-order valence-corrected chi connectivity index (χ0v) is 12.9. The Balaban J connectivity index is 1.83. The lowest BCUT2D eigenvalue weighted by Gasteiger charge is -2.24. The van der Waals surface area contributed by atoms with E-state index in [1.54, 1.807) is 7.11 Å². The fourth-order valence-electron chi connectivity index (χ4n) is 2.00. The number of benzene rings is 1. The van der Waals surface area contributed by atoms with Gasteiger partial charge in [0.15, 0.2) is 0 Å². The molecule has 21 heavy (non-hydrogen) atoms. The van der Waals surface area contributed by atoms with E-state index in [1.165, 1.54) is 0 Å². The van der Waals surface area contributed by atoms with E-state index in [0.717, 1.165) is 25.1 Å². The maximum atomic E-state index is 5.66. The SMILES string of the molecule is COCCC(C)(C)CNCc1nnc(-c2ccccc2)o1. The summed E-state index contributed by atoms with van der Waals surface area (Å²) in [6.45, 7) is 6.65. The number of nitrogens with one attached hydrogen (secondary N) is 1.